The molecule has 140 valence electrons. The molecule has 2 aliphatic rings. The first kappa shape index (κ1) is 17.5. The van der Waals surface area contributed by atoms with Crippen molar-refractivity contribution in [1.82, 2.24) is 0 Å². The third-order valence-electron chi connectivity index (χ3n) is 5.33. The molecule has 0 saturated carbocycles. The maximum absolute atomic E-state index is 13.1. The number of Topliss-reactive ketones (excluding diaryl/α,β-unsaturated/α-hetero) is 1. The molecule has 1 heterocycles. The van der Waals surface area contributed by atoms with E-state index in [9.17, 15) is 15.0 Å². The number of carbonyl (C=O) groups is 1. The lowest BCUT2D eigenvalue weighted by molar-refractivity contribution is -0.118. The summed E-state index contributed by atoms with van der Waals surface area (Å²) in [6, 6.07) is 10.4. The van der Waals surface area contributed by atoms with E-state index in [1.807, 2.05) is 25.1 Å². The van der Waals surface area contributed by atoms with Crippen LogP contribution in [0.15, 0.2) is 47.7 Å². The lowest BCUT2D eigenvalue weighted by Crippen LogP contribution is -2.31. The van der Waals surface area contributed by atoms with Crippen molar-refractivity contribution < 1.29 is 15.0 Å². The van der Waals surface area contributed by atoms with Crippen molar-refractivity contribution >= 4 is 17.2 Å². The Labute approximate surface area is 158 Å². The Morgan fingerprint density at radius 2 is 1.85 bits per heavy atom. The monoisotopic (exact) mass is 364 g/mol. The molecule has 5 heteroatoms. The molecule has 1 aliphatic heterocycles. The Kier molecular flexibility index (Phi) is 3.91. The van der Waals surface area contributed by atoms with Crippen molar-refractivity contribution in [3.63, 3.8) is 0 Å². The van der Waals surface area contributed by atoms with Crippen LogP contribution >= 0.6 is 0 Å². The smallest absolute Gasteiger partial charge is 0.163 e. The Bertz CT molecular complexity index is 976. The van der Waals surface area contributed by atoms with Gasteiger partial charge in [-0.3, -0.25) is 4.79 Å². The van der Waals surface area contributed by atoms with Gasteiger partial charge in [0.05, 0.1) is 17.4 Å². The quantitative estimate of drug-likeness (QED) is 0.555. The molecule has 4 rings (SSSR count). The number of aromatic hydroxyl groups is 2. The number of hydrogen-bond acceptors (Lipinski definition) is 5. The van der Waals surface area contributed by atoms with Gasteiger partial charge in [0, 0.05) is 23.3 Å². The summed E-state index contributed by atoms with van der Waals surface area (Å²) in [6.07, 6.45) is 1.18. The minimum atomic E-state index is -0.536. The second-order valence-electron chi connectivity index (χ2n) is 8.30. The van der Waals surface area contributed by atoms with Crippen molar-refractivity contribution in [2.45, 2.75) is 39.7 Å². The number of allylic oxidation sites excluding steroid dienone is 1. The fourth-order valence-electron chi connectivity index (χ4n) is 4.07. The molecule has 4 N–H and O–H groups in total. The molecule has 0 saturated heterocycles. The zero-order valence-corrected chi connectivity index (χ0v) is 15.8. The van der Waals surface area contributed by atoms with Crippen LogP contribution in [0.4, 0.5) is 11.4 Å². The zero-order chi connectivity index (χ0) is 19.3. The molecular formula is C22H24N2O3. The number of fused-ring (bicyclic) bond motifs is 1. The van der Waals surface area contributed by atoms with Crippen LogP contribution in [-0.4, -0.2) is 16.0 Å². The van der Waals surface area contributed by atoms with Crippen LogP contribution in [0.3, 0.4) is 0 Å². The SMILES string of the molecule is Cc1ccc2c(c1)NC(c1cccc(O)c1O)C1=C(CC(C)(C)CC1=O)N2. The summed E-state index contributed by atoms with van der Waals surface area (Å²) in [5, 5.41) is 27.4. The summed E-state index contributed by atoms with van der Waals surface area (Å²) in [7, 11) is 0. The van der Waals surface area contributed by atoms with Gasteiger partial charge in [-0.1, -0.05) is 32.0 Å². The average Bonchev–Trinajstić information content (AvgIpc) is 2.72. The molecule has 2 aromatic carbocycles. The van der Waals surface area contributed by atoms with Gasteiger partial charge in [0.15, 0.2) is 17.3 Å². The number of phenols is 2. The van der Waals surface area contributed by atoms with Gasteiger partial charge < -0.3 is 20.8 Å². The number of nitrogens with one attached hydrogen (secondary N) is 2. The lowest BCUT2D eigenvalue weighted by atomic mass is 9.73. The number of aryl methyl sites for hydroxylation is 1. The number of para-hydroxylation sites is 1. The van der Waals surface area contributed by atoms with E-state index in [0.29, 0.717) is 17.6 Å². The maximum atomic E-state index is 13.1. The van der Waals surface area contributed by atoms with Crippen molar-refractivity contribution in [1.29, 1.82) is 0 Å². The normalized spacial score (nSPS) is 20.9. The average molecular weight is 364 g/mol. The molecule has 0 radical (unpaired) electrons. The highest BCUT2D eigenvalue weighted by atomic mass is 16.3. The third-order valence-corrected chi connectivity index (χ3v) is 5.33. The summed E-state index contributed by atoms with van der Waals surface area (Å²) >= 11 is 0. The fraction of sp³-hybridized carbons (Fsp3) is 0.318. The standard InChI is InChI=1S/C22H24N2O3/c1-12-7-8-14-15(9-12)24-20(13-5-4-6-17(25)21(13)27)19-16(23-14)10-22(2,3)11-18(19)26/h4-9,20,23-25,27H,10-11H2,1-3H3. The second-order valence-corrected chi connectivity index (χ2v) is 8.30. The van der Waals surface area contributed by atoms with Crippen molar-refractivity contribution in [2.24, 2.45) is 5.41 Å². The highest BCUT2D eigenvalue weighted by molar-refractivity contribution is 6.01. The Hall–Kier alpha value is -2.95. The van der Waals surface area contributed by atoms with E-state index in [1.165, 1.54) is 6.07 Å². The topological polar surface area (TPSA) is 81.6 Å². The highest BCUT2D eigenvalue weighted by Crippen LogP contribution is 2.47. The maximum Gasteiger partial charge on any atom is 0.163 e. The molecule has 0 amide bonds. The van der Waals surface area contributed by atoms with E-state index >= 15 is 0 Å². The van der Waals surface area contributed by atoms with Crippen LogP contribution in [-0.2, 0) is 4.79 Å². The van der Waals surface area contributed by atoms with Gasteiger partial charge >= 0.3 is 0 Å². The van der Waals surface area contributed by atoms with E-state index in [0.717, 1.165) is 29.1 Å². The molecule has 2 aromatic rings. The number of carbonyl (C=O) groups excluding carboxylic acids is 1. The minimum absolute atomic E-state index is 0.0542. The van der Waals surface area contributed by atoms with Crippen LogP contribution in [0.2, 0.25) is 0 Å². The van der Waals surface area contributed by atoms with Gasteiger partial charge in [-0.25, -0.2) is 0 Å². The van der Waals surface area contributed by atoms with Crippen molar-refractivity contribution in [3.05, 3.63) is 58.8 Å². The van der Waals surface area contributed by atoms with Crippen LogP contribution in [0.25, 0.3) is 0 Å². The zero-order valence-electron chi connectivity index (χ0n) is 15.8. The molecule has 1 aliphatic carbocycles. The van der Waals surface area contributed by atoms with E-state index in [2.05, 4.69) is 24.5 Å². The first-order valence-electron chi connectivity index (χ1n) is 9.16. The molecule has 0 spiro atoms. The number of ketones is 1. The molecule has 5 nitrogen and oxygen atoms in total. The number of phenolic OH excluding ortho intramolecular Hbond substituents is 2. The molecule has 27 heavy (non-hydrogen) atoms. The summed E-state index contributed by atoms with van der Waals surface area (Å²) in [5.74, 6) is -0.337. The molecular weight excluding hydrogens is 340 g/mol. The molecule has 1 unspecified atom stereocenters. The lowest BCUT2D eigenvalue weighted by Gasteiger charge is -2.34. The molecule has 0 fully saturated rings. The Balaban J connectivity index is 1.94. The van der Waals surface area contributed by atoms with Crippen LogP contribution < -0.4 is 10.6 Å². The van der Waals surface area contributed by atoms with E-state index in [4.69, 9.17) is 0 Å². The fourth-order valence-corrected chi connectivity index (χ4v) is 4.07. The van der Waals surface area contributed by atoms with Gasteiger partial charge in [0.1, 0.15) is 0 Å². The Morgan fingerprint density at radius 3 is 2.63 bits per heavy atom. The molecule has 0 bridgehead atoms. The number of benzene rings is 2. The van der Waals surface area contributed by atoms with Gasteiger partial charge in [-0.2, -0.15) is 0 Å². The van der Waals surface area contributed by atoms with Gasteiger partial charge in [-0.05, 0) is 42.5 Å². The third kappa shape index (κ3) is 3.03. The highest BCUT2D eigenvalue weighted by Gasteiger charge is 2.39. The van der Waals surface area contributed by atoms with Gasteiger partial charge in [-0.15, -0.1) is 0 Å². The first-order valence-corrected chi connectivity index (χ1v) is 9.16. The molecule has 0 aromatic heterocycles. The van der Waals surface area contributed by atoms with E-state index < -0.39 is 6.04 Å². The van der Waals surface area contributed by atoms with Crippen molar-refractivity contribution in [3.8, 4) is 11.5 Å². The number of rotatable bonds is 1. The van der Waals surface area contributed by atoms with Crippen LogP contribution in [0.1, 0.15) is 43.9 Å². The van der Waals surface area contributed by atoms with Crippen LogP contribution in [0, 0.1) is 12.3 Å². The largest absolute Gasteiger partial charge is 0.504 e. The van der Waals surface area contributed by atoms with E-state index in [-0.39, 0.29) is 22.7 Å². The first-order chi connectivity index (χ1) is 12.7. The molecule has 1 atom stereocenters. The van der Waals surface area contributed by atoms with Crippen LogP contribution in [0.5, 0.6) is 11.5 Å². The number of hydrogen-bond donors (Lipinski definition) is 4. The number of anilines is 2. The summed E-state index contributed by atoms with van der Waals surface area (Å²) in [4.78, 5) is 13.1. The van der Waals surface area contributed by atoms with E-state index in [1.54, 1.807) is 12.1 Å². The summed E-state index contributed by atoms with van der Waals surface area (Å²) < 4.78 is 0. The van der Waals surface area contributed by atoms with Crippen molar-refractivity contribution in [2.75, 3.05) is 10.6 Å². The summed E-state index contributed by atoms with van der Waals surface area (Å²) in [5.41, 5.74) is 4.72. The predicted molar refractivity (Wildman–Crippen MR) is 106 cm³/mol. The second kappa shape index (κ2) is 6.05. The van der Waals surface area contributed by atoms with Gasteiger partial charge in [0.25, 0.3) is 0 Å². The Morgan fingerprint density at radius 1 is 1.07 bits per heavy atom. The summed E-state index contributed by atoms with van der Waals surface area (Å²) in [6.45, 7) is 6.19. The predicted octanol–water partition coefficient (Wildman–Crippen LogP) is 4.63. The minimum Gasteiger partial charge on any atom is -0.504 e. The van der Waals surface area contributed by atoms with Gasteiger partial charge in [0.2, 0.25) is 0 Å².